The summed E-state index contributed by atoms with van der Waals surface area (Å²) in [6, 6.07) is 8.55. The SMILES string of the molecule is CCNC(=NCc1cccc(Cn2ccnc2C)c1)NCCCN1CCCCCC1=O.I. The molecule has 0 atom stereocenters. The van der Waals surface area contributed by atoms with Crippen LogP contribution >= 0.6 is 24.0 Å². The maximum Gasteiger partial charge on any atom is 0.222 e. The topological polar surface area (TPSA) is 74.6 Å². The van der Waals surface area contributed by atoms with Gasteiger partial charge in [0, 0.05) is 51.5 Å². The summed E-state index contributed by atoms with van der Waals surface area (Å²) >= 11 is 0. The predicted molar refractivity (Wildman–Crippen MR) is 140 cm³/mol. The van der Waals surface area contributed by atoms with Crippen molar-refractivity contribution in [2.45, 2.75) is 59.0 Å². The van der Waals surface area contributed by atoms with Gasteiger partial charge >= 0.3 is 0 Å². The Morgan fingerprint density at radius 1 is 1.19 bits per heavy atom. The van der Waals surface area contributed by atoms with Gasteiger partial charge in [0.15, 0.2) is 5.96 Å². The van der Waals surface area contributed by atoms with Crippen molar-refractivity contribution in [1.82, 2.24) is 25.1 Å². The molecule has 3 rings (SSSR count). The first kappa shape index (κ1) is 26.2. The van der Waals surface area contributed by atoms with Crippen LogP contribution in [0.3, 0.4) is 0 Å². The van der Waals surface area contributed by atoms with Gasteiger partial charge in [0.25, 0.3) is 0 Å². The Balaban J connectivity index is 0.00000363. The second-order valence-electron chi connectivity index (χ2n) is 8.09. The van der Waals surface area contributed by atoms with Crippen molar-refractivity contribution in [2.75, 3.05) is 26.2 Å². The van der Waals surface area contributed by atoms with Gasteiger partial charge in [-0.3, -0.25) is 4.79 Å². The molecule has 2 N–H and O–H groups in total. The molecular weight excluding hydrogens is 515 g/mol. The number of carbonyl (C=O) groups excluding carboxylic acids is 1. The molecule has 1 aliphatic rings. The molecule has 8 heteroatoms. The molecule has 1 aliphatic heterocycles. The zero-order valence-electron chi connectivity index (χ0n) is 19.3. The van der Waals surface area contributed by atoms with Crippen molar-refractivity contribution < 1.29 is 4.79 Å². The summed E-state index contributed by atoms with van der Waals surface area (Å²) in [6.45, 7) is 8.87. The van der Waals surface area contributed by atoms with Gasteiger partial charge in [-0.05, 0) is 44.2 Å². The standard InChI is InChI=1S/C24H36N6O.HI/c1-3-25-24(27-12-8-15-29-14-6-4-5-11-23(29)31)28-18-21-9-7-10-22(17-21)19-30-16-13-26-20(30)2;/h7,9-10,13,16-17H,3-6,8,11-12,14-15,18-19H2,1-2H3,(H2,25,27,28);1H. The fourth-order valence-corrected chi connectivity index (χ4v) is 3.86. The van der Waals surface area contributed by atoms with Crippen molar-refractivity contribution in [2.24, 2.45) is 4.99 Å². The van der Waals surface area contributed by atoms with Crippen LogP contribution in [0.25, 0.3) is 0 Å². The Morgan fingerprint density at radius 3 is 2.81 bits per heavy atom. The lowest BCUT2D eigenvalue weighted by atomic mass is 10.1. The van der Waals surface area contributed by atoms with Gasteiger partial charge in [0.1, 0.15) is 5.82 Å². The van der Waals surface area contributed by atoms with Crippen LogP contribution in [0.2, 0.25) is 0 Å². The number of aromatic nitrogens is 2. The predicted octanol–water partition coefficient (Wildman–Crippen LogP) is 3.71. The van der Waals surface area contributed by atoms with E-state index >= 15 is 0 Å². The lowest BCUT2D eigenvalue weighted by Crippen LogP contribution is -2.39. The van der Waals surface area contributed by atoms with E-state index in [0.29, 0.717) is 18.9 Å². The van der Waals surface area contributed by atoms with E-state index in [2.05, 4.69) is 51.4 Å². The number of imidazole rings is 1. The van der Waals surface area contributed by atoms with Crippen LogP contribution in [0.5, 0.6) is 0 Å². The van der Waals surface area contributed by atoms with Crippen LogP contribution in [0.1, 0.15) is 56.0 Å². The Kier molecular flexibility index (Phi) is 11.5. The van der Waals surface area contributed by atoms with E-state index in [0.717, 1.165) is 63.8 Å². The molecule has 0 bridgehead atoms. The third-order valence-corrected chi connectivity index (χ3v) is 5.60. The maximum atomic E-state index is 12.1. The molecule has 1 fully saturated rings. The number of nitrogens with zero attached hydrogens (tertiary/aromatic N) is 4. The minimum Gasteiger partial charge on any atom is -0.357 e. The fraction of sp³-hybridized carbons (Fsp3) is 0.542. The Hall–Kier alpha value is -2.10. The number of carbonyl (C=O) groups is 1. The van der Waals surface area contributed by atoms with Crippen LogP contribution in [-0.4, -0.2) is 52.5 Å². The number of hydrogen-bond donors (Lipinski definition) is 2. The molecule has 2 aromatic rings. The largest absolute Gasteiger partial charge is 0.357 e. The van der Waals surface area contributed by atoms with Crippen molar-refractivity contribution in [3.05, 3.63) is 53.6 Å². The van der Waals surface area contributed by atoms with Crippen molar-refractivity contribution in [3.63, 3.8) is 0 Å². The van der Waals surface area contributed by atoms with Gasteiger partial charge in [-0.2, -0.15) is 0 Å². The van der Waals surface area contributed by atoms with Crippen LogP contribution in [-0.2, 0) is 17.9 Å². The third-order valence-electron chi connectivity index (χ3n) is 5.60. The van der Waals surface area contributed by atoms with Crippen LogP contribution in [0, 0.1) is 6.92 Å². The van der Waals surface area contributed by atoms with E-state index in [1.54, 1.807) is 0 Å². The lowest BCUT2D eigenvalue weighted by molar-refractivity contribution is -0.130. The summed E-state index contributed by atoms with van der Waals surface area (Å²) in [5, 5.41) is 6.72. The number of likely N-dealkylation sites (tertiary alicyclic amines) is 1. The monoisotopic (exact) mass is 552 g/mol. The first-order valence-electron chi connectivity index (χ1n) is 11.5. The zero-order valence-corrected chi connectivity index (χ0v) is 21.7. The zero-order chi connectivity index (χ0) is 21.9. The Bertz CT molecular complexity index is 866. The highest BCUT2D eigenvalue weighted by atomic mass is 127. The van der Waals surface area contributed by atoms with E-state index in [1.807, 2.05) is 24.2 Å². The third kappa shape index (κ3) is 8.44. The molecule has 7 nitrogen and oxygen atoms in total. The minimum absolute atomic E-state index is 0. The number of aliphatic imine (C=N–C) groups is 1. The molecule has 32 heavy (non-hydrogen) atoms. The summed E-state index contributed by atoms with van der Waals surface area (Å²) in [6.07, 6.45) is 8.80. The van der Waals surface area contributed by atoms with Crippen molar-refractivity contribution in [3.8, 4) is 0 Å². The first-order valence-corrected chi connectivity index (χ1v) is 11.5. The summed E-state index contributed by atoms with van der Waals surface area (Å²) in [7, 11) is 0. The number of hydrogen-bond acceptors (Lipinski definition) is 3. The van der Waals surface area contributed by atoms with E-state index in [1.165, 1.54) is 17.5 Å². The number of halogens is 1. The van der Waals surface area contributed by atoms with Gasteiger partial charge in [-0.25, -0.2) is 9.98 Å². The van der Waals surface area contributed by atoms with E-state index in [4.69, 9.17) is 4.99 Å². The maximum absolute atomic E-state index is 12.1. The van der Waals surface area contributed by atoms with Crippen LogP contribution < -0.4 is 10.6 Å². The number of amides is 1. The highest BCUT2D eigenvalue weighted by Crippen LogP contribution is 2.11. The number of nitrogens with one attached hydrogen (secondary N) is 2. The molecule has 2 heterocycles. The normalized spacial score (nSPS) is 14.6. The molecule has 0 unspecified atom stereocenters. The molecule has 176 valence electrons. The first-order chi connectivity index (χ1) is 15.2. The molecule has 0 aliphatic carbocycles. The number of benzene rings is 1. The molecular formula is C24H37IN6O. The summed E-state index contributed by atoms with van der Waals surface area (Å²) in [5.41, 5.74) is 2.43. The molecule has 0 radical (unpaired) electrons. The number of rotatable bonds is 9. The van der Waals surface area contributed by atoms with E-state index < -0.39 is 0 Å². The average Bonchev–Trinajstić information content (AvgIpc) is 3.05. The van der Waals surface area contributed by atoms with Gasteiger partial charge < -0.3 is 20.1 Å². The van der Waals surface area contributed by atoms with Gasteiger partial charge in [-0.15, -0.1) is 24.0 Å². The quantitative estimate of drug-likeness (QED) is 0.215. The van der Waals surface area contributed by atoms with Gasteiger partial charge in [0.05, 0.1) is 6.54 Å². The molecule has 1 saturated heterocycles. The van der Waals surface area contributed by atoms with Gasteiger partial charge in [0.2, 0.25) is 5.91 Å². The smallest absolute Gasteiger partial charge is 0.222 e. The van der Waals surface area contributed by atoms with Crippen LogP contribution in [0.4, 0.5) is 0 Å². The Labute approximate surface area is 209 Å². The van der Waals surface area contributed by atoms with E-state index in [9.17, 15) is 4.79 Å². The average molecular weight is 553 g/mol. The van der Waals surface area contributed by atoms with Gasteiger partial charge in [-0.1, -0.05) is 30.7 Å². The summed E-state index contributed by atoms with van der Waals surface area (Å²) in [5.74, 6) is 2.15. The molecule has 0 saturated carbocycles. The Morgan fingerprint density at radius 2 is 2.03 bits per heavy atom. The number of guanidine groups is 1. The highest BCUT2D eigenvalue weighted by molar-refractivity contribution is 14.0. The van der Waals surface area contributed by atoms with E-state index in [-0.39, 0.29) is 24.0 Å². The minimum atomic E-state index is 0. The molecule has 0 spiro atoms. The molecule has 1 amide bonds. The number of aryl methyl sites for hydroxylation is 1. The second kappa shape index (κ2) is 14.1. The highest BCUT2D eigenvalue weighted by Gasteiger charge is 2.15. The molecule has 1 aromatic carbocycles. The molecule has 1 aromatic heterocycles. The fourth-order valence-electron chi connectivity index (χ4n) is 3.86. The van der Waals surface area contributed by atoms with Crippen molar-refractivity contribution >= 4 is 35.8 Å². The summed E-state index contributed by atoms with van der Waals surface area (Å²) in [4.78, 5) is 23.2. The van der Waals surface area contributed by atoms with Crippen LogP contribution in [0.15, 0.2) is 41.7 Å². The lowest BCUT2D eigenvalue weighted by Gasteiger charge is -2.20. The van der Waals surface area contributed by atoms with Crippen molar-refractivity contribution in [1.29, 1.82) is 0 Å². The second-order valence-corrected chi connectivity index (χ2v) is 8.09. The summed E-state index contributed by atoms with van der Waals surface area (Å²) < 4.78 is 2.14.